The first-order valence-electron chi connectivity index (χ1n) is 15.4. The van der Waals surface area contributed by atoms with E-state index in [0.717, 1.165) is 24.9 Å². The van der Waals surface area contributed by atoms with E-state index in [1.54, 1.807) is 0 Å². The van der Waals surface area contributed by atoms with Crippen LogP contribution in [0.2, 0.25) is 0 Å². The highest BCUT2D eigenvalue weighted by Gasteiger charge is 2.47. The zero-order valence-corrected chi connectivity index (χ0v) is 28.5. The van der Waals surface area contributed by atoms with Crippen LogP contribution < -0.4 is 21.7 Å². The van der Waals surface area contributed by atoms with Crippen molar-refractivity contribution in [1.29, 1.82) is 0 Å². The molecule has 5 rings (SSSR count). The van der Waals surface area contributed by atoms with Crippen molar-refractivity contribution < 1.29 is 61.6 Å². The molecule has 9 N–H and O–H groups in total. The van der Waals surface area contributed by atoms with Gasteiger partial charge >= 0.3 is 27.6 Å². The van der Waals surface area contributed by atoms with Crippen LogP contribution in [0.3, 0.4) is 0 Å². The van der Waals surface area contributed by atoms with E-state index in [9.17, 15) is 43.5 Å². The SMILES string of the molecule is Nc1ncnc2c1ncn2[C@@H]1O[C@H](COP(=O)(O)OP(=O)(O)OC(=O)CCCCNC(=O)CCCC[C@@H]2SC[C@@H]3NC(=O)N[C@@H]32)C(O)C1O. The summed E-state index contributed by atoms with van der Waals surface area (Å²) in [4.78, 5) is 67.3. The Kier molecular flexibility index (Phi) is 12.2. The number of nitrogens with zero attached hydrogens (tertiary/aromatic N) is 4. The van der Waals surface area contributed by atoms with Gasteiger partial charge in [-0.1, -0.05) is 6.42 Å². The molecule has 24 heteroatoms. The molecule has 0 radical (unpaired) electrons. The van der Waals surface area contributed by atoms with E-state index >= 15 is 0 Å². The number of ether oxygens (including phenoxy) is 1. The summed E-state index contributed by atoms with van der Waals surface area (Å²) in [6.07, 6.45) is -0.621. The number of rotatable bonds is 17. The first-order valence-corrected chi connectivity index (χ1v) is 19.4. The van der Waals surface area contributed by atoms with Gasteiger partial charge in [-0.15, -0.1) is 0 Å². The number of fused-ring (bicyclic) bond motifs is 2. The normalized spacial score (nSPS) is 28.7. The number of carbonyl (C=O) groups is 3. The Morgan fingerprint density at radius 3 is 2.65 bits per heavy atom. The average molecular weight is 753 g/mol. The van der Waals surface area contributed by atoms with E-state index < -0.39 is 52.8 Å². The van der Waals surface area contributed by atoms with E-state index in [2.05, 4.69) is 44.3 Å². The van der Waals surface area contributed by atoms with Crippen LogP contribution in [0.4, 0.5) is 10.6 Å². The van der Waals surface area contributed by atoms with E-state index in [1.165, 1.54) is 10.9 Å². The molecule has 5 heterocycles. The zero-order chi connectivity index (χ0) is 35.3. The Balaban J connectivity index is 0.948. The largest absolute Gasteiger partial charge is 0.538 e. The van der Waals surface area contributed by atoms with Crippen LogP contribution >= 0.6 is 27.4 Å². The Morgan fingerprint density at radius 1 is 1.08 bits per heavy atom. The Hall–Kier alpha value is -2.91. The summed E-state index contributed by atoms with van der Waals surface area (Å²) in [6.45, 7) is -0.633. The first kappa shape index (κ1) is 37.3. The number of urea groups is 1. The smallest absolute Gasteiger partial charge is 0.387 e. The number of hydrogen-bond donors (Lipinski definition) is 8. The lowest BCUT2D eigenvalue weighted by Gasteiger charge is -2.19. The summed E-state index contributed by atoms with van der Waals surface area (Å²) >= 11 is 1.81. The van der Waals surface area contributed by atoms with Crippen molar-refractivity contribution in [2.75, 3.05) is 24.6 Å². The van der Waals surface area contributed by atoms with Crippen LogP contribution in [0.5, 0.6) is 0 Å². The number of phosphoric acid groups is 2. The van der Waals surface area contributed by atoms with Crippen molar-refractivity contribution in [1.82, 2.24) is 35.5 Å². The predicted octanol–water partition coefficient (Wildman–Crippen LogP) is -0.183. The molecule has 0 bridgehead atoms. The van der Waals surface area contributed by atoms with E-state index in [1.807, 2.05) is 11.8 Å². The van der Waals surface area contributed by atoms with Gasteiger partial charge in [0.2, 0.25) is 5.91 Å². The first-order chi connectivity index (χ1) is 23.2. The summed E-state index contributed by atoms with van der Waals surface area (Å²) in [5.74, 6) is -0.422. The molecule has 9 atom stereocenters. The van der Waals surface area contributed by atoms with Crippen molar-refractivity contribution in [3.05, 3.63) is 12.7 Å². The van der Waals surface area contributed by atoms with Crippen molar-refractivity contribution >= 4 is 62.3 Å². The number of thioether (sulfide) groups is 1. The maximum atomic E-state index is 12.3. The molecule has 3 aliphatic rings. The van der Waals surface area contributed by atoms with Crippen LogP contribution in [-0.2, 0) is 36.8 Å². The minimum absolute atomic E-state index is 0.0590. The maximum Gasteiger partial charge on any atom is 0.538 e. The average Bonchev–Trinajstić information content (AvgIpc) is 3.78. The third-order valence-electron chi connectivity index (χ3n) is 8.03. The van der Waals surface area contributed by atoms with Crippen LogP contribution in [0, 0.1) is 0 Å². The number of nitrogen functional groups attached to an aromatic ring is 1. The van der Waals surface area contributed by atoms with E-state index in [-0.39, 0.29) is 60.4 Å². The summed E-state index contributed by atoms with van der Waals surface area (Å²) in [6, 6.07) is 0.141. The van der Waals surface area contributed by atoms with Gasteiger partial charge in [-0.3, -0.25) is 23.6 Å². The Bertz CT molecular complexity index is 1620. The number of carbonyl (C=O) groups excluding carboxylic acids is 3. The molecular formula is C25H38N8O13P2S. The predicted molar refractivity (Wildman–Crippen MR) is 169 cm³/mol. The molecule has 272 valence electrons. The number of nitrogens with two attached hydrogens (primary N) is 1. The number of phosphoric ester groups is 2. The molecule has 0 spiro atoms. The number of hydrogen-bond acceptors (Lipinski definition) is 16. The van der Waals surface area contributed by atoms with Crippen LogP contribution in [0.25, 0.3) is 11.2 Å². The molecule has 0 saturated carbocycles. The van der Waals surface area contributed by atoms with Gasteiger partial charge < -0.3 is 46.1 Å². The van der Waals surface area contributed by atoms with Gasteiger partial charge in [0.25, 0.3) is 0 Å². The Labute approximate surface area is 283 Å². The fraction of sp³-hybridized carbons (Fsp3) is 0.680. The molecule has 49 heavy (non-hydrogen) atoms. The quantitative estimate of drug-likeness (QED) is 0.0590. The maximum absolute atomic E-state index is 12.3. The fourth-order valence-corrected chi connectivity index (χ4v) is 9.24. The number of aliphatic hydroxyl groups is 2. The van der Waals surface area contributed by atoms with Gasteiger partial charge in [-0.05, 0) is 25.7 Å². The molecule has 3 aliphatic heterocycles. The molecule has 4 unspecified atom stereocenters. The van der Waals surface area contributed by atoms with Gasteiger partial charge in [0.05, 0.1) is 25.0 Å². The standard InChI is InChI=1S/C25H38N8O13P2S/c26-22-19-23(29-11-28-22)33(12-30-19)24-21(37)20(36)14(44-24)9-43-47(39,40)46-48(41,42)45-17(35)7-3-4-8-27-16(34)6-2-1-5-15-18-13(10-49-15)31-25(38)32-18/h11-15,18,20-21,24,36-37H,1-10H2,(H,27,34)(H,39,40)(H,41,42)(H2,26,28,29)(H2,31,32,38)/t13-,14+,15-,18-,20?,21?,24+/m0/s1. The summed E-state index contributed by atoms with van der Waals surface area (Å²) < 4.78 is 44.6. The minimum Gasteiger partial charge on any atom is -0.387 e. The van der Waals surface area contributed by atoms with Crippen LogP contribution in [-0.4, -0.2) is 112 Å². The fourth-order valence-electron chi connectivity index (χ4n) is 5.65. The number of imidazole rings is 1. The number of amides is 3. The van der Waals surface area contributed by atoms with E-state index in [0.29, 0.717) is 24.5 Å². The summed E-state index contributed by atoms with van der Waals surface area (Å²) in [5, 5.41) is 29.8. The molecule has 2 aromatic rings. The van der Waals surface area contributed by atoms with Crippen molar-refractivity contribution in [2.24, 2.45) is 0 Å². The third-order valence-corrected chi connectivity index (χ3v) is 12.1. The molecule has 0 aliphatic carbocycles. The topological polar surface area (TPSA) is 309 Å². The monoisotopic (exact) mass is 752 g/mol. The van der Waals surface area contributed by atoms with Crippen LogP contribution in [0.15, 0.2) is 12.7 Å². The summed E-state index contributed by atoms with van der Waals surface area (Å²) in [7, 11) is -10.8. The number of anilines is 1. The van der Waals surface area contributed by atoms with Crippen molar-refractivity contribution in [3.8, 4) is 0 Å². The van der Waals surface area contributed by atoms with Gasteiger partial charge in [0.15, 0.2) is 17.7 Å². The number of aromatic nitrogens is 4. The second-order valence-electron chi connectivity index (χ2n) is 11.6. The molecular weight excluding hydrogens is 714 g/mol. The molecule has 2 aromatic heterocycles. The number of unbranched alkanes of at least 4 members (excludes halogenated alkanes) is 2. The van der Waals surface area contributed by atoms with E-state index in [4.69, 9.17) is 10.5 Å². The Morgan fingerprint density at radius 2 is 1.86 bits per heavy atom. The van der Waals surface area contributed by atoms with Gasteiger partial charge in [-0.2, -0.15) is 16.1 Å². The van der Waals surface area contributed by atoms with Crippen molar-refractivity contribution in [2.45, 2.75) is 86.8 Å². The lowest BCUT2D eigenvalue weighted by atomic mass is 10.0. The highest BCUT2D eigenvalue weighted by atomic mass is 32.2. The zero-order valence-electron chi connectivity index (χ0n) is 25.9. The van der Waals surface area contributed by atoms with Crippen molar-refractivity contribution in [3.63, 3.8) is 0 Å². The highest BCUT2D eigenvalue weighted by molar-refractivity contribution is 8.00. The number of aliphatic hydroxyl groups excluding tert-OH is 2. The number of nitrogens with one attached hydrogen (secondary N) is 3. The second-order valence-corrected chi connectivity index (χ2v) is 15.8. The second kappa shape index (κ2) is 16.0. The third kappa shape index (κ3) is 9.66. The van der Waals surface area contributed by atoms with Crippen LogP contribution in [0.1, 0.15) is 51.2 Å². The highest BCUT2D eigenvalue weighted by Crippen LogP contribution is 2.60. The minimum atomic E-state index is -5.42. The summed E-state index contributed by atoms with van der Waals surface area (Å²) in [5.41, 5.74) is 6.13. The molecule has 3 fully saturated rings. The molecule has 21 nitrogen and oxygen atoms in total. The lowest BCUT2D eigenvalue weighted by Crippen LogP contribution is -2.36. The van der Waals surface area contributed by atoms with Gasteiger partial charge in [0, 0.05) is 30.4 Å². The van der Waals surface area contributed by atoms with Gasteiger partial charge in [0.1, 0.15) is 30.2 Å². The lowest BCUT2D eigenvalue weighted by molar-refractivity contribution is -0.135. The molecule has 3 saturated heterocycles. The molecule has 3 amide bonds. The molecule has 0 aromatic carbocycles. The van der Waals surface area contributed by atoms with Gasteiger partial charge in [-0.25, -0.2) is 28.9 Å².